The molecule has 2 atom stereocenters. The summed E-state index contributed by atoms with van der Waals surface area (Å²) in [5.41, 5.74) is 1.22. The number of benzene rings is 1. The second-order valence-electron chi connectivity index (χ2n) is 6.58. The minimum Gasteiger partial charge on any atom is -0.387 e. The Balaban J connectivity index is 1.67. The Morgan fingerprint density at radius 3 is 2.86 bits per heavy atom. The number of aliphatic hydroxyl groups excluding tert-OH is 1. The van der Waals surface area contributed by atoms with Gasteiger partial charge in [-0.3, -0.25) is 14.6 Å². The summed E-state index contributed by atoms with van der Waals surface area (Å²) in [6.45, 7) is 3.70. The van der Waals surface area contributed by atoms with Crippen molar-refractivity contribution in [3.05, 3.63) is 58.3 Å². The van der Waals surface area contributed by atoms with E-state index in [1.54, 1.807) is 30.8 Å². The topological polar surface area (TPSA) is 120 Å². The number of aromatic amines is 1. The van der Waals surface area contributed by atoms with Crippen molar-refractivity contribution in [2.45, 2.75) is 32.5 Å². The Morgan fingerprint density at radius 2 is 2.21 bits per heavy atom. The molecule has 1 aromatic carbocycles. The highest BCUT2D eigenvalue weighted by atomic mass is 35.5. The number of H-pyrrole nitrogens is 1. The molecule has 0 bridgehead atoms. The van der Waals surface area contributed by atoms with Gasteiger partial charge in [0, 0.05) is 17.8 Å². The number of aromatic nitrogens is 4. The third kappa shape index (κ3) is 4.45. The van der Waals surface area contributed by atoms with Gasteiger partial charge < -0.3 is 10.4 Å². The summed E-state index contributed by atoms with van der Waals surface area (Å²) in [7, 11) is 0. The molecule has 3 rings (SSSR count). The van der Waals surface area contributed by atoms with Gasteiger partial charge in [-0.15, -0.1) is 0 Å². The highest BCUT2D eigenvalue weighted by Crippen LogP contribution is 2.29. The second kappa shape index (κ2) is 8.43. The maximum Gasteiger partial charge on any atom is 0.272 e. The lowest BCUT2D eigenvalue weighted by molar-refractivity contribution is 0.0931. The Bertz CT molecular complexity index is 1080. The molecule has 0 aliphatic heterocycles. The Morgan fingerprint density at radius 1 is 1.45 bits per heavy atom. The van der Waals surface area contributed by atoms with Crippen LogP contribution in [0.1, 0.15) is 41.7 Å². The summed E-state index contributed by atoms with van der Waals surface area (Å²) >= 11 is 5.87. The third-order valence-corrected chi connectivity index (χ3v) is 4.61. The first-order valence-corrected chi connectivity index (χ1v) is 9.14. The van der Waals surface area contributed by atoms with Crippen LogP contribution in [0.4, 0.5) is 4.39 Å². The summed E-state index contributed by atoms with van der Waals surface area (Å²) in [6.07, 6.45) is 0.906. The number of rotatable bonds is 6. The van der Waals surface area contributed by atoms with E-state index in [1.165, 1.54) is 18.2 Å². The summed E-state index contributed by atoms with van der Waals surface area (Å²) in [5.74, 6) is -1.09. The van der Waals surface area contributed by atoms with Crippen LogP contribution in [-0.4, -0.2) is 37.0 Å². The quantitative estimate of drug-likeness (QED) is 0.570. The van der Waals surface area contributed by atoms with Crippen molar-refractivity contribution in [1.82, 2.24) is 25.3 Å². The number of halogens is 2. The smallest absolute Gasteiger partial charge is 0.272 e. The maximum absolute atomic E-state index is 14.4. The molecule has 2 heterocycles. The number of carbonyl (C=O) groups is 1. The average Bonchev–Trinajstić information content (AvgIpc) is 3.33. The lowest BCUT2D eigenvalue weighted by Crippen LogP contribution is -2.36. The largest absolute Gasteiger partial charge is 0.387 e. The fourth-order valence-corrected chi connectivity index (χ4v) is 2.94. The van der Waals surface area contributed by atoms with E-state index >= 15 is 0 Å². The van der Waals surface area contributed by atoms with Gasteiger partial charge in [0.15, 0.2) is 5.82 Å². The predicted molar refractivity (Wildman–Crippen MR) is 103 cm³/mol. The van der Waals surface area contributed by atoms with E-state index in [0.29, 0.717) is 17.9 Å². The van der Waals surface area contributed by atoms with Crippen molar-refractivity contribution < 1.29 is 14.3 Å². The summed E-state index contributed by atoms with van der Waals surface area (Å²) in [6, 6.07) is 7.53. The van der Waals surface area contributed by atoms with Crippen molar-refractivity contribution in [1.29, 1.82) is 5.26 Å². The van der Waals surface area contributed by atoms with Crippen LogP contribution in [0.5, 0.6) is 0 Å². The lowest BCUT2D eigenvalue weighted by atomic mass is 10.1. The molecule has 0 saturated carbocycles. The summed E-state index contributed by atoms with van der Waals surface area (Å²) < 4.78 is 16.0. The molecule has 0 radical (unpaired) electrons. The first-order chi connectivity index (χ1) is 13.8. The molecule has 8 nitrogen and oxygen atoms in total. The highest BCUT2D eigenvalue weighted by Gasteiger charge is 2.17. The van der Waals surface area contributed by atoms with Crippen LogP contribution in [-0.2, 0) is 6.54 Å². The molecule has 2 aromatic heterocycles. The van der Waals surface area contributed by atoms with Crippen molar-refractivity contribution >= 4 is 17.5 Å². The second-order valence-corrected chi connectivity index (χ2v) is 6.96. The van der Waals surface area contributed by atoms with Crippen LogP contribution < -0.4 is 5.32 Å². The number of nitrogens with one attached hydrogen (secondary N) is 2. The van der Waals surface area contributed by atoms with Crippen LogP contribution in [0.2, 0.25) is 5.02 Å². The minimum atomic E-state index is -0.750. The van der Waals surface area contributed by atoms with E-state index in [0.717, 1.165) is 0 Å². The zero-order chi connectivity index (χ0) is 21.1. The third-order valence-electron chi connectivity index (χ3n) is 4.24. The molecular formula is C19H18ClFN6O2. The average molecular weight is 417 g/mol. The first-order valence-electron chi connectivity index (χ1n) is 8.76. The molecule has 0 saturated heterocycles. The van der Waals surface area contributed by atoms with Crippen LogP contribution in [0.3, 0.4) is 0 Å². The molecule has 3 aromatic rings. The van der Waals surface area contributed by atoms with Crippen molar-refractivity contribution in [3.8, 4) is 17.3 Å². The molecule has 1 amide bonds. The lowest BCUT2D eigenvalue weighted by Gasteiger charge is -2.13. The van der Waals surface area contributed by atoms with Gasteiger partial charge in [0.25, 0.3) is 5.91 Å². The zero-order valence-corrected chi connectivity index (χ0v) is 16.4. The molecule has 1 unspecified atom stereocenters. The van der Waals surface area contributed by atoms with Crippen molar-refractivity contribution in [2.75, 3.05) is 0 Å². The van der Waals surface area contributed by atoms with Crippen LogP contribution in [0.15, 0.2) is 30.5 Å². The van der Waals surface area contributed by atoms with Gasteiger partial charge in [0.05, 0.1) is 34.6 Å². The van der Waals surface area contributed by atoms with Crippen LogP contribution in [0.25, 0.3) is 11.3 Å². The molecule has 29 heavy (non-hydrogen) atoms. The minimum absolute atomic E-state index is 0.0563. The fraction of sp³-hybridized carbons (Fsp3) is 0.263. The standard InChI is InChI=1S/C19H18ClFN6O2/c1-10(23-19(29)16-7-15(11(2)28)24-25-16)9-27-6-5-14(26-27)13-4-3-12(8-22)17(20)18(13)21/h3-7,10-11,28H,9H2,1-2H3,(H,23,29)(H,24,25)/t10?,11-/m0/s1. The van der Waals surface area contributed by atoms with Gasteiger partial charge in [-0.25, -0.2) is 4.39 Å². The number of amides is 1. The van der Waals surface area contributed by atoms with Gasteiger partial charge in [0.2, 0.25) is 0 Å². The molecular weight excluding hydrogens is 399 g/mol. The summed E-state index contributed by atoms with van der Waals surface area (Å²) in [5, 5.41) is 31.7. The highest BCUT2D eigenvalue weighted by molar-refractivity contribution is 6.32. The van der Waals surface area contributed by atoms with Crippen molar-refractivity contribution in [2.24, 2.45) is 0 Å². The maximum atomic E-state index is 14.4. The fourth-order valence-electron chi connectivity index (χ4n) is 2.73. The van der Waals surface area contributed by atoms with E-state index < -0.39 is 17.8 Å². The molecule has 150 valence electrons. The molecule has 0 aliphatic carbocycles. The number of hydrogen-bond acceptors (Lipinski definition) is 5. The number of aliphatic hydroxyl groups is 1. The van der Waals surface area contributed by atoms with E-state index in [-0.39, 0.29) is 27.9 Å². The van der Waals surface area contributed by atoms with Gasteiger partial charge in [-0.05, 0) is 38.1 Å². The number of nitriles is 1. The molecule has 10 heteroatoms. The predicted octanol–water partition coefficient (Wildman–Crippen LogP) is 2.81. The Kier molecular flexibility index (Phi) is 5.96. The van der Waals surface area contributed by atoms with E-state index in [9.17, 15) is 14.3 Å². The van der Waals surface area contributed by atoms with Gasteiger partial charge in [-0.1, -0.05) is 11.6 Å². The number of nitrogens with zero attached hydrogens (tertiary/aromatic N) is 4. The summed E-state index contributed by atoms with van der Waals surface area (Å²) in [4.78, 5) is 12.3. The normalized spacial score (nSPS) is 13.0. The van der Waals surface area contributed by atoms with Crippen molar-refractivity contribution in [3.63, 3.8) is 0 Å². The monoisotopic (exact) mass is 416 g/mol. The van der Waals surface area contributed by atoms with Gasteiger partial charge in [-0.2, -0.15) is 15.5 Å². The van der Waals surface area contributed by atoms with E-state index in [1.807, 2.05) is 6.07 Å². The zero-order valence-electron chi connectivity index (χ0n) is 15.6. The molecule has 0 spiro atoms. The molecule has 0 aliphatic rings. The molecule has 0 fully saturated rings. The number of hydrogen-bond donors (Lipinski definition) is 3. The van der Waals surface area contributed by atoms with Crippen LogP contribution in [0, 0.1) is 17.1 Å². The van der Waals surface area contributed by atoms with E-state index in [4.69, 9.17) is 16.9 Å². The van der Waals surface area contributed by atoms with Gasteiger partial charge in [0.1, 0.15) is 11.8 Å². The number of carbonyl (C=O) groups excluding carboxylic acids is 1. The SMILES string of the molecule is CC(Cn1ccc(-c2ccc(C#N)c(Cl)c2F)n1)NC(=O)c1cc([C@H](C)O)[nH]n1. The van der Waals surface area contributed by atoms with Crippen LogP contribution >= 0.6 is 11.6 Å². The van der Waals surface area contributed by atoms with Gasteiger partial charge >= 0.3 is 0 Å². The first kappa shape index (κ1) is 20.5. The Hall–Kier alpha value is -3.22. The van der Waals surface area contributed by atoms with E-state index in [2.05, 4.69) is 20.6 Å². The molecule has 3 N–H and O–H groups in total. The Labute approximate surface area is 170 Å².